The number of nitrogens with one attached hydrogen (secondary N) is 1. The Kier molecular flexibility index (Phi) is 3.55. The van der Waals surface area contributed by atoms with Crippen LogP contribution in [0.25, 0.3) is 0 Å². The summed E-state index contributed by atoms with van der Waals surface area (Å²) in [5.41, 5.74) is 5.62. The van der Waals surface area contributed by atoms with Crippen molar-refractivity contribution in [1.29, 1.82) is 0 Å². The molecule has 0 bridgehead atoms. The molecule has 1 unspecified atom stereocenters. The molecular weight excluding hydrogens is 269 g/mol. The lowest BCUT2D eigenvalue weighted by Crippen LogP contribution is -2.44. The van der Waals surface area contributed by atoms with E-state index < -0.39 is 15.8 Å². The molecule has 5 N–H and O–H groups in total. The Hall–Kier alpha value is -1.18. The molecule has 0 spiro atoms. The number of primary sulfonamides is 1. The van der Waals surface area contributed by atoms with E-state index >= 15 is 0 Å². The van der Waals surface area contributed by atoms with Crippen molar-refractivity contribution in [3.63, 3.8) is 0 Å². The summed E-state index contributed by atoms with van der Waals surface area (Å²) < 4.78 is 36.2. The zero-order valence-electron chi connectivity index (χ0n) is 10.7. The van der Waals surface area contributed by atoms with Gasteiger partial charge >= 0.3 is 0 Å². The summed E-state index contributed by atoms with van der Waals surface area (Å²) in [6.45, 7) is 2.33. The second-order valence-electron chi connectivity index (χ2n) is 5.21. The molecule has 0 saturated heterocycles. The van der Waals surface area contributed by atoms with Gasteiger partial charge in [-0.25, -0.2) is 17.9 Å². The van der Waals surface area contributed by atoms with Gasteiger partial charge in [0.05, 0.1) is 10.6 Å². The first-order chi connectivity index (χ1) is 8.76. The number of nitrogens with two attached hydrogens (primary N) is 2. The summed E-state index contributed by atoms with van der Waals surface area (Å²) >= 11 is 0. The maximum Gasteiger partial charge on any atom is 0.238 e. The number of hydrogen-bond donors (Lipinski definition) is 3. The maximum atomic E-state index is 13.9. The van der Waals surface area contributed by atoms with Crippen LogP contribution < -0.4 is 16.2 Å². The lowest BCUT2D eigenvalue weighted by Gasteiger charge is -2.31. The molecule has 1 fully saturated rings. The average molecular weight is 287 g/mol. The Balaban J connectivity index is 2.27. The molecule has 0 amide bonds. The van der Waals surface area contributed by atoms with Gasteiger partial charge in [-0.3, -0.25) is 0 Å². The minimum Gasteiger partial charge on any atom is -0.376 e. The fraction of sp³-hybridized carbons (Fsp3) is 0.500. The van der Waals surface area contributed by atoms with Crippen molar-refractivity contribution in [3.05, 3.63) is 24.0 Å². The summed E-state index contributed by atoms with van der Waals surface area (Å²) in [4.78, 5) is -0.239. The van der Waals surface area contributed by atoms with E-state index in [1.165, 1.54) is 12.1 Å². The van der Waals surface area contributed by atoms with E-state index in [0.29, 0.717) is 12.5 Å². The van der Waals surface area contributed by atoms with E-state index in [-0.39, 0.29) is 16.1 Å². The summed E-state index contributed by atoms with van der Waals surface area (Å²) in [5, 5.41) is 8.03. The Morgan fingerprint density at radius 1 is 1.47 bits per heavy atom. The van der Waals surface area contributed by atoms with Crippen LogP contribution >= 0.6 is 0 Å². The van der Waals surface area contributed by atoms with E-state index in [9.17, 15) is 12.8 Å². The van der Waals surface area contributed by atoms with Crippen LogP contribution in [-0.2, 0) is 10.0 Å². The van der Waals surface area contributed by atoms with Gasteiger partial charge in [0.25, 0.3) is 0 Å². The topological polar surface area (TPSA) is 98.2 Å². The van der Waals surface area contributed by atoms with Crippen molar-refractivity contribution in [1.82, 2.24) is 0 Å². The molecule has 19 heavy (non-hydrogen) atoms. The van der Waals surface area contributed by atoms with Gasteiger partial charge in [-0.2, -0.15) is 0 Å². The van der Waals surface area contributed by atoms with Crippen LogP contribution in [0.1, 0.15) is 19.8 Å². The summed E-state index contributed by atoms with van der Waals surface area (Å²) in [6.07, 6.45) is 2.13. The third-order valence-corrected chi connectivity index (χ3v) is 4.50. The van der Waals surface area contributed by atoms with Crippen LogP contribution in [-0.4, -0.2) is 20.5 Å². The summed E-state index contributed by atoms with van der Waals surface area (Å²) in [5.74, 6) is -0.221. The highest BCUT2D eigenvalue weighted by atomic mass is 32.2. The highest BCUT2D eigenvalue weighted by Crippen LogP contribution is 2.41. The number of halogens is 1. The van der Waals surface area contributed by atoms with Gasteiger partial charge in [-0.1, -0.05) is 0 Å². The van der Waals surface area contributed by atoms with Gasteiger partial charge in [0.1, 0.15) is 5.82 Å². The van der Waals surface area contributed by atoms with Crippen molar-refractivity contribution in [3.8, 4) is 0 Å². The molecule has 1 atom stereocenters. The van der Waals surface area contributed by atoms with Gasteiger partial charge < -0.3 is 11.1 Å². The highest BCUT2D eigenvalue weighted by molar-refractivity contribution is 7.89. The Labute approximate surface area is 112 Å². The van der Waals surface area contributed by atoms with Crippen LogP contribution in [0.2, 0.25) is 0 Å². The number of rotatable bonds is 5. The number of anilines is 1. The van der Waals surface area contributed by atoms with Gasteiger partial charge in [0, 0.05) is 12.1 Å². The molecule has 1 aromatic carbocycles. The van der Waals surface area contributed by atoms with Crippen LogP contribution in [0.5, 0.6) is 0 Å². The average Bonchev–Trinajstić information content (AvgIpc) is 3.14. The lowest BCUT2D eigenvalue weighted by atomic mass is 9.95. The predicted octanol–water partition coefficient (Wildman–Crippen LogP) is 1.01. The summed E-state index contributed by atoms with van der Waals surface area (Å²) in [6, 6.07) is 3.58. The van der Waals surface area contributed by atoms with Crippen molar-refractivity contribution in [2.24, 2.45) is 16.8 Å². The molecule has 1 aliphatic rings. The first-order valence-corrected chi connectivity index (χ1v) is 7.61. The normalized spacial score (nSPS) is 18.9. The smallest absolute Gasteiger partial charge is 0.238 e. The molecule has 5 nitrogen and oxygen atoms in total. The Morgan fingerprint density at radius 3 is 2.53 bits per heavy atom. The fourth-order valence-corrected chi connectivity index (χ4v) is 2.65. The molecule has 106 valence electrons. The zero-order valence-corrected chi connectivity index (χ0v) is 11.5. The Morgan fingerprint density at radius 2 is 2.11 bits per heavy atom. The maximum absolute atomic E-state index is 13.9. The largest absolute Gasteiger partial charge is 0.376 e. The van der Waals surface area contributed by atoms with Crippen molar-refractivity contribution >= 4 is 15.7 Å². The molecule has 0 radical (unpaired) electrons. The number of hydrogen-bond acceptors (Lipinski definition) is 4. The van der Waals surface area contributed by atoms with Crippen molar-refractivity contribution in [2.45, 2.75) is 30.2 Å². The number of sulfonamides is 1. The zero-order chi connectivity index (χ0) is 14.3. The quantitative estimate of drug-likeness (QED) is 0.752. The molecule has 0 aromatic heterocycles. The van der Waals surface area contributed by atoms with E-state index in [1.807, 2.05) is 6.92 Å². The van der Waals surface area contributed by atoms with Crippen LogP contribution in [0.4, 0.5) is 10.1 Å². The molecule has 7 heteroatoms. The van der Waals surface area contributed by atoms with Gasteiger partial charge in [0.2, 0.25) is 10.0 Å². The van der Waals surface area contributed by atoms with Crippen LogP contribution in [0, 0.1) is 11.7 Å². The minimum atomic E-state index is -3.89. The summed E-state index contributed by atoms with van der Waals surface area (Å²) in [7, 11) is -3.89. The standard InChI is InChI=1S/C12H18FN3O2S/c1-12(7-14,8-2-3-8)16-11-5-4-9(6-10(11)13)19(15,17)18/h4-6,8,16H,2-3,7,14H2,1H3,(H2,15,17,18). The predicted molar refractivity (Wildman–Crippen MR) is 71.6 cm³/mol. The first-order valence-electron chi connectivity index (χ1n) is 6.07. The van der Waals surface area contributed by atoms with Gasteiger partial charge in [0.15, 0.2) is 0 Å². The molecule has 1 aromatic rings. The van der Waals surface area contributed by atoms with Crippen LogP contribution in [0.15, 0.2) is 23.1 Å². The van der Waals surface area contributed by atoms with E-state index in [2.05, 4.69) is 5.32 Å². The monoisotopic (exact) mass is 287 g/mol. The molecule has 1 aliphatic carbocycles. The van der Waals surface area contributed by atoms with Gasteiger partial charge in [-0.05, 0) is 43.9 Å². The van der Waals surface area contributed by atoms with E-state index in [4.69, 9.17) is 10.9 Å². The first kappa shape index (κ1) is 14.2. The second-order valence-corrected chi connectivity index (χ2v) is 6.77. The van der Waals surface area contributed by atoms with E-state index in [0.717, 1.165) is 18.9 Å². The molecule has 2 rings (SSSR count). The minimum absolute atomic E-state index is 0.239. The molecule has 0 heterocycles. The SMILES string of the molecule is CC(CN)(Nc1ccc(S(N)(=O)=O)cc1F)C1CC1. The van der Waals surface area contributed by atoms with Gasteiger partial charge in [-0.15, -0.1) is 0 Å². The third kappa shape index (κ3) is 3.05. The second kappa shape index (κ2) is 4.73. The molecular formula is C12H18FN3O2S. The Bertz CT molecular complexity index is 587. The van der Waals surface area contributed by atoms with Crippen molar-refractivity contribution in [2.75, 3.05) is 11.9 Å². The number of benzene rings is 1. The lowest BCUT2D eigenvalue weighted by molar-refractivity contribution is 0.455. The van der Waals surface area contributed by atoms with E-state index in [1.54, 1.807) is 0 Å². The van der Waals surface area contributed by atoms with Crippen molar-refractivity contribution < 1.29 is 12.8 Å². The fourth-order valence-electron chi connectivity index (χ4n) is 2.12. The third-order valence-electron chi connectivity index (χ3n) is 3.59. The van der Waals surface area contributed by atoms with Crippen LogP contribution in [0.3, 0.4) is 0 Å². The molecule has 1 saturated carbocycles. The highest BCUT2D eigenvalue weighted by Gasteiger charge is 2.40. The molecule has 0 aliphatic heterocycles.